The van der Waals surface area contributed by atoms with E-state index in [1.165, 1.54) is 6.42 Å². The molecular formula is C10H20N2O2. The van der Waals surface area contributed by atoms with Crippen LogP contribution in [0.4, 0.5) is 4.79 Å². The van der Waals surface area contributed by atoms with Gasteiger partial charge in [0, 0.05) is 26.7 Å². The van der Waals surface area contributed by atoms with Crippen molar-refractivity contribution in [1.29, 1.82) is 0 Å². The third kappa shape index (κ3) is 2.87. The highest BCUT2D eigenvalue weighted by atomic mass is 16.3. The number of piperidine rings is 1. The molecule has 1 unspecified atom stereocenters. The molecule has 4 heteroatoms. The summed E-state index contributed by atoms with van der Waals surface area (Å²) in [6.45, 7) is 4.34. The molecule has 0 radical (unpaired) electrons. The number of aliphatic hydroxyl groups is 1. The Kier molecular flexibility index (Phi) is 4.20. The molecule has 1 atom stereocenters. The summed E-state index contributed by atoms with van der Waals surface area (Å²) < 4.78 is 0. The van der Waals surface area contributed by atoms with E-state index in [1.54, 1.807) is 11.9 Å². The molecule has 1 aliphatic rings. The average Bonchev–Trinajstić information content (AvgIpc) is 2.17. The van der Waals surface area contributed by atoms with Gasteiger partial charge in [0.25, 0.3) is 0 Å². The fourth-order valence-electron chi connectivity index (χ4n) is 1.85. The van der Waals surface area contributed by atoms with Crippen LogP contribution in [0.25, 0.3) is 0 Å². The molecule has 1 saturated heterocycles. The van der Waals surface area contributed by atoms with Gasteiger partial charge >= 0.3 is 6.03 Å². The number of carbonyl (C=O) groups is 1. The van der Waals surface area contributed by atoms with Crippen LogP contribution >= 0.6 is 0 Å². The molecule has 2 amide bonds. The standard InChI is InChI=1S/C10H20N2O2/c1-9-4-3-5-12(8-9)10(14)11(2)6-7-13/h9,13H,3-8H2,1-2H3. The number of urea groups is 1. The van der Waals surface area contributed by atoms with Crippen molar-refractivity contribution in [1.82, 2.24) is 9.80 Å². The van der Waals surface area contributed by atoms with Gasteiger partial charge in [0.15, 0.2) is 0 Å². The van der Waals surface area contributed by atoms with E-state index in [0.29, 0.717) is 12.5 Å². The minimum atomic E-state index is 0.0334. The third-order valence-corrected chi connectivity index (χ3v) is 2.69. The first-order valence-corrected chi connectivity index (χ1v) is 5.26. The van der Waals surface area contributed by atoms with Crippen molar-refractivity contribution in [2.75, 3.05) is 33.3 Å². The molecule has 82 valence electrons. The van der Waals surface area contributed by atoms with Gasteiger partial charge in [-0.3, -0.25) is 0 Å². The van der Waals surface area contributed by atoms with E-state index in [1.807, 2.05) is 4.90 Å². The summed E-state index contributed by atoms with van der Waals surface area (Å²) in [6, 6.07) is 0.0469. The maximum absolute atomic E-state index is 11.8. The molecule has 1 N–H and O–H groups in total. The first-order valence-electron chi connectivity index (χ1n) is 5.26. The summed E-state index contributed by atoms with van der Waals surface area (Å²) in [6.07, 6.45) is 2.31. The van der Waals surface area contributed by atoms with E-state index < -0.39 is 0 Å². The van der Waals surface area contributed by atoms with E-state index in [0.717, 1.165) is 19.5 Å². The molecule has 0 aromatic carbocycles. The second kappa shape index (κ2) is 5.20. The van der Waals surface area contributed by atoms with Crippen LogP contribution in [0.5, 0.6) is 0 Å². The predicted octanol–water partition coefficient (Wildman–Crippen LogP) is 0.762. The lowest BCUT2D eigenvalue weighted by atomic mass is 10.0. The monoisotopic (exact) mass is 200 g/mol. The molecule has 0 saturated carbocycles. The largest absolute Gasteiger partial charge is 0.395 e. The average molecular weight is 200 g/mol. The van der Waals surface area contributed by atoms with Crippen LogP contribution in [0, 0.1) is 5.92 Å². The van der Waals surface area contributed by atoms with Gasteiger partial charge in [-0.25, -0.2) is 4.79 Å². The van der Waals surface area contributed by atoms with Crippen molar-refractivity contribution in [3.8, 4) is 0 Å². The van der Waals surface area contributed by atoms with Crippen LogP contribution in [0.15, 0.2) is 0 Å². The van der Waals surface area contributed by atoms with E-state index in [-0.39, 0.29) is 12.6 Å². The molecular weight excluding hydrogens is 180 g/mol. The maximum Gasteiger partial charge on any atom is 0.319 e. The smallest absolute Gasteiger partial charge is 0.319 e. The Hall–Kier alpha value is -0.770. The molecule has 1 heterocycles. The zero-order valence-electron chi connectivity index (χ0n) is 9.07. The fraction of sp³-hybridized carbons (Fsp3) is 0.900. The second-order valence-corrected chi connectivity index (χ2v) is 4.12. The van der Waals surface area contributed by atoms with E-state index >= 15 is 0 Å². The van der Waals surface area contributed by atoms with Crippen molar-refractivity contribution in [2.45, 2.75) is 19.8 Å². The molecule has 1 fully saturated rings. The number of hydrogen-bond acceptors (Lipinski definition) is 2. The summed E-state index contributed by atoms with van der Waals surface area (Å²) in [5.74, 6) is 0.607. The van der Waals surface area contributed by atoms with Crippen LogP contribution in [0.2, 0.25) is 0 Å². The lowest BCUT2D eigenvalue weighted by molar-refractivity contribution is 0.131. The highest BCUT2D eigenvalue weighted by molar-refractivity contribution is 5.74. The van der Waals surface area contributed by atoms with E-state index in [9.17, 15) is 4.79 Å². The third-order valence-electron chi connectivity index (χ3n) is 2.69. The van der Waals surface area contributed by atoms with Gasteiger partial charge in [-0.2, -0.15) is 0 Å². The van der Waals surface area contributed by atoms with Gasteiger partial charge in [0.2, 0.25) is 0 Å². The fourth-order valence-corrected chi connectivity index (χ4v) is 1.85. The molecule has 4 nitrogen and oxygen atoms in total. The van der Waals surface area contributed by atoms with Gasteiger partial charge in [-0.05, 0) is 18.8 Å². The summed E-state index contributed by atoms with van der Waals surface area (Å²) in [5, 5.41) is 8.72. The van der Waals surface area contributed by atoms with Gasteiger partial charge in [0.05, 0.1) is 6.61 Å². The Morgan fingerprint density at radius 3 is 2.93 bits per heavy atom. The molecule has 1 rings (SSSR count). The number of carbonyl (C=O) groups excluding carboxylic acids is 1. The molecule has 0 aromatic heterocycles. The van der Waals surface area contributed by atoms with Gasteiger partial charge < -0.3 is 14.9 Å². The SMILES string of the molecule is CC1CCCN(C(=O)N(C)CCO)C1. The van der Waals surface area contributed by atoms with Gasteiger partial charge in [0.1, 0.15) is 0 Å². The normalized spacial score (nSPS) is 22.2. The highest BCUT2D eigenvalue weighted by Gasteiger charge is 2.22. The van der Waals surface area contributed by atoms with Gasteiger partial charge in [-0.15, -0.1) is 0 Å². The van der Waals surface area contributed by atoms with E-state index in [4.69, 9.17) is 5.11 Å². The quantitative estimate of drug-likeness (QED) is 0.715. The Morgan fingerprint density at radius 2 is 2.36 bits per heavy atom. The van der Waals surface area contributed by atoms with Crippen molar-refractivity contribution in [3.05, 3.63) is 0 Å². The maximum atomic E-state index is 11.8. The van der Waals surface area contributed by atoms with Crippen molar-refractivity contribution < 1.29 is 9.90 Å². The lowest BCUT2D eigenvalue weighted by Crippen LogP contribution is -2.46. The predicted molar refractivity (Wildman–Crippen MR) is 55.1 cm³/mol. The minimum absolute atomic E-state index is 0.0334. The molecule has 0 aliphatic carbocycles. The second-order valence-electron chi connectivity index (χ2n) is 4.12. The summed E-state index contributed by atoms with van der Waals surface area (Å²) >= 11 is 0. The van der Waals surface area contributed by atoms with Crippen LogP contribution < -0.4 is 0 Å². The van der Waals surface area contributed by atoms with Gasteiger partial charge in [-0.1, -0.05) is 6.92 Å². The first kappa shape index (κ1) is 11.3. The molecule has 14 heavy (non-hydrogen) atoms. The Bertz CT molecular complexity index is 197. The Morgan fingerprint density at radius 1 is 1.64 bits per heavy atom. The van der Waals surface area contributed by atoms with Crippen LogP contribution in [-0.4, -0.2) is 54.2 Å². The number of amides is 2. The molecule has 0 spiro atoms. The summed E-state index contributed by atoms with van der Waals surface area (Å²) in [5.41, 5.74) is 0. The van der Waals surface area contributed by atoms with Crippen molar-refractivity contribution >= 4 is 6.03 Å². The number of hydrogen-bond donors (Lipinski definition) is 1. The zero-order chi connectivity index (χ0) is 10.6. The number of nitrogens with zero attached hydrogens (tertiary/aromatic N) is 2. The Balaban J connectivity index is 2.42. The van der Waals surface area contributed by atoms with E-state index in [2.05, 4.69) is 6.92 Å². The number of likely N-dealkylation sites (N-methyl/N-ethyl adjacent to an activating group) is 1. The van der Waals surface area contributed by atoms with Crippen molar-refractivity contribution in [2.24, 2.45) is 5.92 Å². The number of aliphatic hydroxyl groups excluding tert-OH is 1. The first-order chi connectivity index (χ1) is 6.65. The molecule has 1 aliphatic heterocycles. The van der Waals surface area contributed by atoms with Crippen LogP contribution in [-0.2, 0) is 0 Å². The summed E-state index contributed by atoms with van der Waals surface area (Å²) in [7, 11) is 1.73. The van der Waals surface area contributed by atoms with Crippen LogP contribution in [0.3, 0.4) is 0 Å². The Labute approximate surface area is 85.5 Å². The highest BCUT2D eigenvalue weighted by Crippen LogP contribution is 2.16. The minimum Gasteiger partial charge on any atom is -0.395 e. The van der Waals surface area contributed by atoms with Crippen molar-refractivity contribution in [3.63, 3.8) is 0 Å². The zero-order valence-corrected chi connectivity index (χ0v) is 9.07. The number of likely N-dealkylation sites (tertiary alicyclic amines) is 1. The van der Waals surface area contributed by atoms with Crippen LogP contribution in [0.1, 0.15) is 19.8 Å². The number of rotatable bonds is 2. The summed E-state index contributed by atoms with van der Waals surface area (Å²) in [4.78, 5) is 15.2. The molecule has 0 aromatic rings. The molecule has 0 bridgehead atoms. The lowest BCUT2D eigenvalue weighted by Gasteiger charge is -2.33. The topological polar surface area (TPSA) is 43.8 Å².